The Morgan fingerprint density at radius 2 is 1.91 bits per heavy atom. The number of esters is 1. The highest BCUT2D eigenvalue weighted by Crippen LogP contribution is 2.36. The quantitative estimate of drug-likeness (QED) is 0.620. The summed E-state index contributed by atoms with van der Waals surface area (Å²) in [6.07, 6.45) is 5.27. The lowest BCUT2D eigenvalue weighted by atomic mass is 9.79. The Hall–Kier alpha value is -1.86. The summed E-state index contributed by atoms with van der Waals surface area (Å²) in [6, 6.07) is 1.72. The van der Waals surface area contributed by atoms with E-state index in [0.29, 0.717) is 11.2 Å². The van der Waals surface area contributed by atoms with Gasteiger partial charge in [0.2, 0.25) is 0 Å². The summed E-state index contributed by atoms with van der Waals surface area (Å²) in [5, 5.41) is 0. The van der Waals surface area contributed by atoms with E-state index in [0.717, 1.165) is 5.46 Å². The van der Waals surface area contributed by atoms with Crippen molar-refractivity contribution < 1.29 is 18.8 Å². The molecular formula is C15H19BN2O4. The average Bonchev–Trinajstić information content (AvgIpc) is 2.99. The number of carbonyl (C=O) groups is 1. The summed E-state index contributed by atoms with van der Waals surface area (Å²) in [7, 11) is 0.809. The monoisotopic (exact) mass is 302 g/mol. The molecule has 0 N–H and O–H groups in total. The van der Waals surface area contributed by atoms with Crippen LogP contribution in [0.1, 0.15) is 38.1 Å². The van der Waals surface area contributed by atoms with Crippen molar-refractivity contribution in [3.05, 3.63) is 30.2 Å². The van der Waals surface area contributed by atoms with Crippen molar-refractivity contribution in [2.75, 3.05) is 7.11 Å². The van der Waals surface area contributed by atoms with Gasteiger partial charge in [-0.05, 0) is 33.8 Å². The highest BCUT2D eigenvalue weighted by Gasteiger charge is 2.52. The van der Waals surface area contributed by atoms with Crippen LogP contribution in [0.4, 0.5) is 0 Å². The molecule has 1 saturated heterocycles. The summed E-state index contributed by atoms with van der Waals surface area (Å²) in [5.41, 5.74) is 0.816. The third-order valence-electron chi connectivity index (χ3n) is 4.44. The van der Waals surface area contributed by atoms with E-state index >= 15 is 0 Å². The minimum atomic E-state index is -0.541. The fraction of sp³-hybridized carbons (Fsp3) is 0.467. The van der Waals surface area contributed by atoms with Gasteiger partial charge in [0.25, 0.3) is 0 Å². The summed E-state index contributed by atoms with van der Waals surface area (Å²) in [4.78, 5) is 16.2. The number of fused-ring (bicyclic) bond motifs is 1. The summed E-state index contributed by atoms with van der Waals surface area (Å²) < 4.78 is 18.7. The van der Waals surface area contributed by atoms with Crippen molar-refractivity contribution >= 4 is 24.2 Å². The Morgan fingerprint density at radius 1 is 1.27 bits per heavy atom. The second-order valence-corrected chi connectivity index (χ2v) is 6.43. The number of rotatable bonds is 2. The minimum Gasteiger partial charge on any atom is -0.465 e. The molecule has 3 heterocycles. The van der Waals surface area contributed by atoms with Crippen LogP contribution in [0.25, 0.3) is 5.65 Å². The fourth-order valence-electron chi connectivity index (χ4n) is 2.42. The van der Waals surface area contributed by atoms with E-state index in [4.69, 9.17) is 14.0 Å². The van der Waals surface area contributed by atoms with Crippen molar-refractivity contribution in [3.63, 3.8) is 0 Å². The molecule has 6 nitrogen and oxygen atoms in total. The predicted molar refractivity (Wildman–Crippen MR) is 82.2 cm³/mol. The van der Waals surface area contributed by atoms with E-state index < -0.39 is 24.3 Å². The molecule has 0 amide bonds. The number of nitrogens with zero attached hydrogens (tertiary/aromatic N) is 2. The zero-order chi connectivity index (χ0) is 16.1. The van der Waals surface area contributed by atoms with Crippen LogP contribution in [0.3, 0.4) is 0 Å². The highest BCUT2D eigenvalue weighted by atomic mass is 16.7. The lowest BCUT2D eigenvalue weighted by molar-refractivity contribution is 0.00578. The van der Waals surface area contributed by atoms with Gasteiger partial charge >= 0.3 is 13.1 Å². The van der Waals surface area contributed by atoms with Crippen molar-refractivity contribution in [2.45, 2.75) is 38.9 Å². The normalized spacial score (nSPS) is 19.6. The van der Waals surface area contributed by atoms with Crippen LogP contribution in [0.2, 0.25) is 0 Å². The molecule has 0 atom stereocenters. The van der Waals surface area contributed by atoms with Crippen molar-refractivity contribution in [1.82, 2.24) is 9.38 Å². The molecular weight excluding hydrogens is 283 g/mol. The first-order chi connectivity index (χ1) is 10.2. The van der Waals surface area contributed by atoms with Gasteiger partial charge in [-0.25, -0.2) is 9.78 Å². The van der Waals surface area contributed by atoms with E-state index in [-0.39, 0.29) is 0 Å². The molecule has 1 aliphatic rings. The largest absolute Gasteiger partial charge is 0.496 e. The third kappa shape index (κ3) is 2.21. The Labute approximate surface area is 129 Å². The summed E-state index contributed by atoms with van der Waals surface area (Å²) in [6.45, 7) is 7.96. The van der Waals surface area contributed by atoms with Crippen LogP contribution < -0.4 is 5.46 Å². The van der Waals surface area contributed by atoms with Gasteiger partial charge < -0.3 is 18.4 Å². The molecule has 0 bridgehead atoms. The maximum absolute atomic E-state index is 12.0. The number of hydrogen-bond donors (Lipinski definition) is 0. The van der Waals surface area contributed by atoms with Crippen LogP contribution in [-0.4, -0.2) is 40.8 Å². The average molecular weight is 302 g/mol. The lowest BCUT2D eigenvalue weighted by Gasteiger charge is -2.32. The zero-order valence-electron chi connectivity index (χ0n) is 13.4. The topological polar surface area (TPSA) is 62.1 Å². The van der Waals surface area contributed by atoms with Gasteiger partial charge in [0.15, 0.2) is 5.65 Å². The smallest absolute Gasteiger partial charge is 0.465 e. The van der Waals surface area contributed by atoms with Gasteiger partial charge in [0.05, 0.1) is 18.3 Å². The first-order valence-electron chi connectivity index (χ1n) is 7.16. The van der Waals surface area contributed by atoms with E-state index in [9.17, 15) is 4.79 Å². The summed E-state index contributed by atoms with van der Waals surface area (Å²) >= 11 is 0. The van der Waals surface area contributed by atoms with Gasteiger partial charge in [-0.1, -0.05) is 0 Å². The lowest BCUT2D eigenvalue weighted by Crippen LogP contribution is -2.41. The molecule has 0 aliphatic carbocycles. The zero-order valence-corrected chi connectivity index (χ0v) is 13.4. The molecule has 7 heteroatoms. The maximum Gasteiger partial charge on any atom is 0.496 e. The molecule has 116 valence electrons. The minimum absolute atomic E-state index is 0.389. The number of imidazole rings is 1. The number of carbonyl (C=O) groups excluding carboxylic acids is 1. The SMILES string of the molecule is COC(=O)c1cc(B2OC(C)(C)C(C)(C)O2)cn2ccnc12. The fourth-order valence-corrected chi connectivity index (χ4v) is 2.42. The Bertz CT molecular complexity index is 722. The van der Waals surface area contributed by atoms with Gasteiger partial charge in [0.1, 0.15) is 5.56 Å². The molecule has 3 rings (SSSR count). The van der Waals surface area contributed by atoms with Gasteiger partial charge in [-0.3, -0.25) is 0 Å². The molecule has 0 aromatic carbocycles. The number of ether oxygens (including phenoxy) is 1. The van der Waals surface area contributed by atoms with Crippen molar-refractivity contribution in [1.29, 1.82) is 0 Å². The molecule has 2 aromatic rings. The number of hydrogen-bond acceptors (Lipinski definition) is 5. The van der Waals surface area contributed by atoms with Crippen molar-refractivity contribution in [2.24, 2.45) is 0 Å². The van der Waals surface area contributed by atoms with Gasteiger partial charge in [0, 0.05) is 24.1 Å². The second kappa shape index (κ2) is 4.82. The number of aromatic nitrogens is 2. The number of methoxy groups -OCH3 is 1. The maximum atomic E-state index is 12.0. The van der Waals surface area contributed by atoms with Crippen LogP contribution in [0, 0.1) is 0 Å². The van der Waals surface area contributed by atoms with Crippen LogP contribution >= 0.6 is 0 Å². The van der Waals surface area contributed by atoms with Crippen LogP contribution in [0.15, 0.2) is 24.7 Å². The molecule has 0 spiro atoms. The number of pyridine rings is 1. The van der Waals surface area contributed by atoms with Crippen molar-refractivity contribution in [3.8, 4) is 0 Å². The standard InChI is InChI=1S/C15H19BN2O4/c1-14(2)15(3,4)22-16(21-14)10-8-11(13(19)20-5)12-17-6-7-18(12)9-10/h6-9H,1-5H3. The second-order valence-electron chi connectivity index (χ2n) is 6.43. The Kier molecular flexibility index (Phi) is 3.30. The summed E-state index contributed by atoms with van der Waals surface area (Å²) in [5.74, 6) is -0.436. The molecule has 2 aromatic heterocycles. The van der Waals surface area contributed by atoms with Crippen LogP contribution in [0.5, 0.6) is 0 Å². The highest BCUT2D eigenvalue weighted by molar-refractivity contribution is 6.62. The molecule has 0 radical (unpaired) electrons. The van der Waals surface area contributed by atoms with Crippen LogP contribution in [-0.2, 0) is 14.0 Å². The van der Waals surface area contributed by atoms with E-state index in [2.05, 4.69) is 4.98 Å². The van der Waals surface area contributed by atoms with Gasteiger partial charge in [-0.2, -0.15) is 0 Å². The molecule has 1 fully saturated rings. The molecule has 0 saturated carbocycles. The Morgan fingerprint density at radius 3 is 2.50 bits per heavy atom. The van der Waals surface area contributed by atoms with Gasteiger partial charge in [-0.15, -0.1) is 0 Å². The third-order valence-corrected chi connectivity index (χ3v) is 4.44. The van der Waals surface area contributed by atoms with E-state index in [1.165, 1.54) is 7.11 Å². The predicted octanol–water partition coefficient (Wildman–Crippen LogP) is 1.42. The molecule has 1 aliphatic heterocycles. The Balaban J connectivity index is 2.07. The molecule has 22 heavy (non-hydrogen) atoms. The van der Waals surface area contributed by atoms with E-state index in [1.807, 2.05) is 33.9 Å². The van der Waals surface area contributed by atoms with E-state index in [1.54, 1.807) is 22.9 Å². The first-order valence-corrected chi connectivity index (χ1v) is 7.16. The molecule has 0 unspecified atom stereocenters. The first kappa shape index (κ1) is 15.1.